The van der Waals surface area contributed by atoms with Crippen LogP contribution in [-0.4, -0.2) is 50.6 Å². The third-order valence-electron chi connectivity index (χ3n) is 4.87. The quantitative estimate of drug-likeness (QED) is 0.821. The van der Waals surface area contributed by atoms with Crippen molar-refractivity contribution in [2.24, 2.45) is 5.92 Å². The lowest BCUT2D eigenvalue weighted by molar-refractivity contribution is -0.121. The van der Waals surface area contributed by atoms with Gasteiger partial charge >= 0.3 is 0 Å². The molecule has 0 radical (unpaired) electrons. The van der Waals surface area contributed by atoms with E-state index in [1.807, 2.05) is 6.92 Å². The zero-order valence-electron chi connectivity index (χ0n) is 15.0. The second-order valence-corrected chi connectivity index (χ2v) is 6.82. The third-order valence-corrected chi connectivity index (χ3v) is 4.87. The number of hydrogen-bond acceptors (Lipinski definition) is 5. The van der Waals surface area contributed by atoms with Gasteiger partial charge in [0.1, 0.15) is 5.82 Å². The molecule has 2 heterocycles. The molecule has 1 aromatic carbocycles. The van der Waals surface area contributed by atoms with Gasteiger partial charge in [0.15, 0.2) is 0 Å². The van der Waals surface area contributed by atoms with E-state index in [0.29, 0.717) is 18.9 Å². The number of hydrogen-bond donors (Lipinski definition) is 1. The number of carbonyl (C=O) groups excluding carboxylic acids is 1. The first-order chi connectivity index (χ1) is 12.1. The summed E-state index contributed by atoms with van der Waals surface area (Å²) >= 11 is 0. The van der Waals surface area contributed by atoms with Crippen molar-refractivity contribution < 1.29 is 4.79 Å². The molecule has 7 nitrogen and oxygen atoms in total. The number of nitrogens with zero attached hydrogens (tertiary/aromatic N) is 5. The summed E-state index contributed by atoms with van der Waals surface area (Å²) in [6.45, 7) is 8.40. The molecule has 0 bridgehead atoms. The van der Waals surface area contributed by atoms with E-state index in [2.05, 4.69) is 56.9 Å². The molecule has 1 N–H and O–H groups in total. The van der Waals surface area contributed by atoms with E-state index in [9.17, 15) is 4.79 Å². The van der Waals surface area contributed by atoms with Crippen molar-refractivity contribution in [3.63, 3.8) is 0 Å². The number of aromatic nitrogens is 4. The average molecular weight is 342 g/mol. The van der Waals surface area contributed by atoms with E-state index in [1.165, 1.54) is 11.1 Å². The molecule has 2 aromatic rings. The Balaban J connectivity index is 1.37. The first-order valence-electron chi connectivity index (χ1n) is 8.88. The molecule has 3 rings (SSSR count). The highest BCUT2D eigenvalue weighted by Gasteiger charge is 2.23. The Labute approximate surface area is 148 Å². The first kappa shape index (κ1) is 17.5. The number of rotatable bonds is 7. The second kappa shape index (κ2) is 8.20. The maximum absolute atomic E-state index is 12.0. The van der Waals surface area contributed by atoms with Gasteiger partial charge in [0.05, 0.1) is 6.54 Å². The molecule has 1 unspecified atom stereocenters. The molecule has 1 saturated heterocycles. The van der Waals surface area contributed by atoms with Gasteiger partial charge in [0.25, 0.3) is 0 Å². The lowest BCUT2D eigenvalue weighted by Gasteiger charge is -2.17. The van der Waals surface area contributed by atoms with E-state index >= 15 is 0 Å². The number of nitrogens with one attached hydrogen (secondary N) is 1. The minimum absolute atomic E-state index is 0.0623. The number of carbonyl (C=O) groups is 1. The van der Waals surface area contributed by atoms with Crippen LogP contribution in [0.2, 0.25) is 0 Å². The van der Waals surface area contributed by atoms with Crippen molar-refractivity contribution in [3.8, 4) is 0 Å². The summed E-state index contributed by atoms with van der Waals surface area (Å²) in [5, 5.41) is 14.3. The van der Waals surface area contributed by atoms with E-state index < -0.39 is 0 Å². The third kappa shape index (κ3) is 4.85. The Kier molecular flexibility index (Phi) is 5.75. The molecule has 1 aromatic heterocycles. The lowest BCUT2D eigenvalue weighted by atomic mass is 10.1. The average Bonchev–Trinajstić information content (AvgIpc) is 3.22. The smallest absolute Gasteiger partial charge is 0.221 e. The minimum atomic E-state index is 0.0623. The fourth-order valence-corrected chi connectivity index (χ4v) is 3.26. The summed E-state index contributed by atoms with van der Waals surface area (Å²) in [4.78, 5) is 14.5. The minimum Gasteiger partial charge on any atom is -0.356 e. The summed E-state index contributed by atoms with van der Waals surface area (Å²) < 4.78 is 1.65. The molecular formula is C18H26N6O. The highest BCUT2D eigenvalue weighted by molar-refractivity contribution is 5.75. The van der Waals surface area contributed by atoms with Crippen LogP contribution in [0.15, 0.2) is 24.3 Å². The van der Waals surface area contributed by atoms with Gasteiger partial charge in [0, 0.05) is 26.1 Å². The maximum Gasteiger partial charge on any atom is 0.221 e. The van der Waals surface area contributed by atoms with Crippen molar-refractivity contribution >= 4 is 5.91 Å². The Morgan fingerprint density at radius 2 is 2.16 bits per heavy atom. The molecule has 1 atom stereocenters. The molecule has 7 heteroatoms. The van der Waals surface area contributed by atoms with Gasteiger partial charge in [-0.05, 0) is 54.3 Å². The molecule has 1 fully saturated rings. The van der Waals surface area contributed by atoms with Gasteiger partial charge in [-0.2, -0.15) is 0 Å². The molecule has 1 aliphatic rings. The summed E-state index contributed by atoms with van der Waals surface area (Å²) in [7, 11) is 0. The standard InChI is InChI=1S/C18H26N6O/c1-14-5-3-4-6-17(14)13-23-9-7-16(12-23)11-19-18(25)8-10-24-15(2)20-21-22-24/h3-6,16H,7-13H2,1-2H3,(H,19,25). The van der Waals surface area contributed by atoms with Crippen molar-refractivity contribution in [1.29, 1.82) is 0 Å². The largest absolute Gasteiger partial charge is 0.356 e. The normalized spacial score (nSPS) is 17.8. The summed E-state index contributed by atoms with van der Waals surface area (Å²) in [6.07, 6.45) is 1.55. The molecule has 134 valence electrons. The fourth-order valence-electron chi connectivity index (χ4n) is 3.26. The van der Waals surface area contributed by atoms with Crippen LogP contribution < -0.4 is 5.32 Å². The number of amides is 1. The molecule has 1 amide bonds. The molecule has 0 aliphatic carbocycles. The van der Waals surface area contributed by atoms with Crippen LogP contribution in [0.3, 0.4) is 0 Å². The van der Waals surface area contributed by atoms with Gasteiger partial charge in [0.2, 0.25) is 5.91 Å². The number of tetrazole rings is 1. The lowest BCUT2D eigenvalue weighted by Crippen LogP contribution is -2.31. The van der Waals surface area contributed by atoms with Gasteiger partial charge < -0.3 is 5.32 Å². The summed E-state index contributed by atoms with van der Waals surface area (Å²) in [5.41, 5.74) is 2.74. The van der Waals surface area contributed by atoms with E-state index in [0.717, 1.165) is 38.4 Å². The summed E-state index contributed by atoms with van der Waals surface area (Å²) in [6, 6.07) is 8.54. The van der Waals surface area contributed by atoms with Crippen LogP contribution in [0.1, 0.15) is 29.8 Å². The predicted octanol–water partition coefficient (Wildman–Crippen LogP) is 1.32. The van der Waals surface area contributed by atoms with E-state index in [1.54, 1.807) is 4.68 Å². The SMILES string of the molecule is Cc1ccccc1CN1CCC(CNC(=O)CCn2nnnc2C)C1. The summed E-state index contributed by atoms with van der Waals surface area (Å²) in [5.74, 6) is 1.32. The Bertz CT molecular complexity index is 713. The van der Waals surface area contributed by atoms with Gasteiger partial charge in [-0.1, -0.05) is 24.3 Å². The fraction of sp³-hybridized carbons (Fsp3) is 0.556. The Morgan fingerprint density at radius 1 is 1.32 bits per heavy atom. The van der Waals surface area contributed by atoms with Crippen LogP contribution in [-0.2, 0) is 17.9 Å². The van der Waals surface area contributed by atoms with Crippen LogP contribution in [0, 0.1) is 19.8 Å². The maximum atomic E-state index is 12.0. The van der Waals surface area contributed by atoms with Gasteiger partial charge in [-0.15, -0.1) is 5.10 Å². The van der Waals surface area contributed by atoms with E-state index in [-0.39, 0.29) is 5.91 Å². The first-order valence-corrected chi connectivity index (χ1v) is 8.88. The number of aryl methyl sites for hydroxylation is 3. The molecule has 25 heavy (non-hydrogen) atoms. The van der Waals surface area contributed by atoms with Crippen LogP contribution in [0.4, 0.5) is 0 Å². The van der Waals surface area contributed by atoms with Crippen LogP contribution in [0.5, 0.6) is 0 Å². The highest BCUT2D eigenvalue weighted by atomic mass is 16.1. The number of likely N-dealkylation sites (tertiary alicyclic amines) is 1. The second-order valence-electron chi connectivity index (χ2n) is 6.82. The van der Waals surface area contributed by atoms with Gasteiger partial charge in [-0.25, -0.2) is 4.68 Å². The predicted molar refractivity (Wildman–Crippen MR) is 94.7 cm³/mol. The van der Waals surface area contributed by atoms with Crippen molar-refractivity contribution in [3.05, 3.63) is 41.2 Å². The zero-order chi connectivity index (χ0) is 17.6. The van der Waals surface area contributed by atoms with Crippen molar-refractivity contribution in [1.82, 2.24) is 30.4 Å². The van der Waals surface area contributed by atoms with E-state index in [4.69, 9.17) is 0 Å². The van der Waals surface area contributed by atoms with Gasteiger partial charge in [-0.3, -0.25) is 9.69 Å². The molecular weight excluding hydrogens is 316 g/mol. The van der Waals surface area contributed by atoms with Crippen molar-refractivity contribution in [2.75, 3.05) is 19.6 Å². The van der Waals surface area contributed by atoms with Crippen molar-refractivity contribution in [2.45, 2.75) is 39.8 Å². The van der Waals surface area contributed by atoms with Crippen LogP contribution in [0.25, 0.3) is 0 Å². The molecule has 0 saturated carbocycles. The number of benzene rings is 1. The Morgan fingerprint density at radius 3 is 2.92 bits per heavy atom. The molecule has 0 spiro atoms. The Hall–Kier alpha value is -2.28. The molecule has 1 aliphatic heterocycles. The monoisotopic (exact) mass is 342 g/mol. The topological polar surface area (TPSA) is 75.9 Å². The highest BCUT2D eigenvalue weighted by Crippen LogP contribution is 2.19. The van der Waals surface area contributed by atoms with Crippen LogP contribution >= 0.6 is 0 Å². The zero-order valence-corrected chi connectivity index (χ0v) is 15.0.